The Bertz CT molecular complexity index is 668. The summed E-state index contributed by atoms with van der Waals surface area (Å²) in [5.74, 6) is 0.649. The second-order valence-corrected chi connectivity index (χ2v) is 4.82. The maximum atomic E-state index is 11.9. The Labute approximate surface area is 130 Å². The fourth-order valence-corrected chi connectivity index (χ4v) is 1.79. The molecule has 0 spiro atoms. The van der Waals surface area contributed by atoms with Gasteiger partial charge in [-0.05, 0) is 25.1 Å². The van der Waals surface area contributed by atoms with Crippen LogP contribution in [0, 0.1) is 6.92 Å². The first-order chi connectivity index (χ1) is 10.8. The first-order valence-corrected chi connectivity index (χ1v) is 6.81. The molecule has 8 heteroatoms. The summed E-state index contributed by atoms with van der Waals surface area (Å²) in [6, 6.07) is 6.81. The third-order valence-electron chi connectivity index (χ3n) is 2.75. The lowest BCUT2D eigenvalue weighted by Crippen LogP contribution is -2.20. The van der Waals surface area contributed by atoms with Gasteiger partial charge >= 0.3 is 6.18 Å². The molecule has 0 bridgehead atoms. The highest BCUT2D eigenvalue weighted by molar-refractivity contribution is 5.91. The van der Waals surface area contributed by atoms with E-state index in [0.29, 0.717) is 22.9 Å². The number of aromatic nitrogens is 1. The maximum Gasteiger partial charge on any atom is 0.411 e. The van der Waals surface area contributed by atoms with Crippen molar-refractivity contribution in [1.29, 1.82) is 0 Å². The number of nitrogens with one attached hydrogen (secondary N) is 1. The van der Waals surface area contributed by atoms with Crippen LogP contribution in [0.5, 0.6) is 0 Å². The Morgan fingerprint density at radius 2 is 2.17 bits per heavy atom. The second kappa shape index (κ2) is 7.28. The van der Waals surface area contributed by atoms with Crippen LogP contribution in [-0.2, 0) is 9.53 Å². The lowest BCUT2D eigenvalue weighted by molar-refractivity contribution is -0.174. The van der Waals surface area contributed by atoms with E-state index in [1.807, 2.05) is 0 Å². The number of carbonyl (C=O) groups is 1. The van der Waals surface area contributed by atoms with Crippen LogP contribution in [0.25, 0.3) is 11.5 Å². The molecule has 0 aliphatic rings. The van der Waals surface area contributed by atoms with Crippen molar-refractivity contribution in [3.8, 4) is 11.5 Å². The van der Waals surface area contributed by atoms with Crippen LogP contribution in [0.4, 0.5) is 18.9 Å². The number of aryl methyl sites for hydroxylation is 1. The lowest BCUT2D eigenvalue weighted by atomic mass is 10.2. The highest BCUT2D eigenvalue weighted by Gasteiger charge is 2.27. The zero-order valence-corrected chi connectivity index (χ0v) is 12.3. The Kier molecular flexibility index (Phi) is 5.38. The number of hydrogen-bond acceptors (Lipinski definition) is 4. The molecular formula is C15H15F3N2O3. The molecule has 2 aromatic rings. The molecule has 1 amide bonds. The summed E-state index contributed by atoms with van der Waals surface area (Å²) in [5.41, 5.74) is 1.18. The van der Waals surface area contributed by atoms with Gasteiger partial charge in [0, 0.05) is 11.3 Å². The fraction of sp³-hybridized carbons (Fsp3) is 0.333. The van der Waals surface area contributed by atoms with Gasteiger partial charge < -0.3 is 14.5 Å². The lowest BCUT2D eigenvalue weighted by Gasteiger charge is -2.08. The van der Waals surface area contributed by atoms with E-state index >= 15 is 0 Å². The van der Waals surface area contributed by atoms with Crippen LogP contribution in [0.1, 0.15) is 12.2 Å². The van der Waals surface area contributed by atoms with Crippen molar-refractivity contribution in [2.45, 2.75) is 19.5 Å². The van der Waals surface area contributed by atoms with E-state index < -0.39 is 18.7 Å². The average Bonchev–Trinajstić information content (AvgIpc) is 2.90. The van der Waals surface area contributed by atoms with Crippen LogP contribution in [0.3, 0.4) is 0 Å². The Hall–Kier alpha value is -2.35. The van der Waals surface area contributed by atoms with E-state index in [4.69, 9.17) is 4.42 Å². The molecule has 1 heterocycles. The number of rotatable bonds is 6. The van der Waals surface area contributed by atoms with Gasteiger partial charge in [0.05, 0.1) is 19.2 Å². The molecule has 1 aromatic carbocycles. The van der Waals surface area contributed by atoms with Crippen molar-refractivity contribution in [2.24, 2.45) is 0 Å². The van der Waals surface area contributed by atoms with E-state index in [1.54, 1.807) is 37.4 Å². The van der Waals surface area contributed by atoms with Crippen molar-refractivity contribution in [2.75, 3.05) is 18.5 Å². The van der Waals surface area contributed by atoms with Crippen molar-refractivity contribution < 1.29 is 27.1 Å². The molecule has 0 saturated carbocycles. The zero-order chi connectivity index (χ0) is 16.9. The maximum absolute atomic E-state index is 11.9. The summed E-state index contributed by atoms with van der Waals surface area (Å²) in [7, 11) is 0. The number of oxazole rings is 1. The van der Waals surface area contributed by atoms with Crippen molar-refractivity contribution in [3.05, 3.63) is 36.2 Å². The van der Waals surface area contributed by atoms with Gasteiger partial charge in [-0.15, -0.1) is 0 Å². The number of anilines is 1. The Morgan fingerprint density at radius 1 is 1.39 bits per heavy atom. The Morgan fingerprint density at radius 3 is 2.83 bits per heavy atom. The number of carbonyl (C=O) groups excluding carboxylic acids is 1. The topological polar surface area (TPSA) is 64.4 Å². The van der Waals surface area contributed by atoms with Crippen LogP contribution in [0.2, 0.25) is 0 Å². The largest absolute Gasteiger partial charge is 0.441 e. The number of amides is 1. The standard InChI is InChI=1S/C15H15F3N2O3/c1-10-8-19-14(23-10)11-3-2-4-12(7-11)20-13(21)5-6-22-9-15(16,17)18/h2-4,7-8H,5-6,9H2,1H3,(H,20,21). The SMILES string of the molecule is Cc1cnc(-c2cccc(NC(=O)CCOCC(F)(F)F)c2)o1. The van der Waals surface area contributed by atoms with Gasteiger partial charge in [0.2, 0.25) is 11.8 Å². The first kappa shape index (κ1) is 17.0. The molecule has 0 radical (unpaired) electrons. The fourth-order valence-electron chi connectivity index (χ4n) is 1.79. The molecule has 0 aliphatic carbocycles. The predicted octanol–water partition coefficient (Wildman–Crippen LogP) is 3.56. The molecule has 23 heavy (non-hydrogen) atoms. The summed E-state index contributed by atoms with van der Waals surface area (Å²) in [5, 5.41) is 2.59. The van der Waals surface area contributed by atoms with E-state index in [2.05, 4.69) is 15.0 Å². The van der Waals surface area contributed by atoms with Crippen LogP contribution in [-0.4, -0.2) is 30.3 Å². The van der Waals surface area contributed by atoms with Crippen LogP contribution >= 0.6 is 0 Å². The third-order valence-corrected chi connectivity index (χ3v) is 2.75. The molecule has 124 valence electrons. The summed E-state index contributed by atoms with van der Waals surface area (Å²) >= 11 is 0. The van der Waals surface area contributed by atoms with E-state index in [-0.39, 0.29) is 13.0 Å². The first-order valence-electron chi connectivity index (χ1n) is 6.81. The molecule has 0 fully saturated rings. The number of benzene rings is 1. The van der Waals surface area contributed by atoms with E-state index in [9.17, 15) is 18.0 Å². The van der Waals surface area contributed by atoms with Gasteiger partial charge in [-0.3, -0.25) is 4.79 Å². The van der Waals surface area contributed by atoms with Gasteiger partial charge in [0.15, 0.2) is 0 Å². The number of hydrogen-bond donors (Lipinski definition) is 1. The minimum absolute atomic E-state index is 0.168. The quantitative estimate of drug-likeness (QED) is 0.824. The smallest absolute Gasteiger partial charge is 0.411 e. The number of halogens is 3. The average molecular weight is 328 g/mol. The van der Waals surface area contributed by atoms with Crippen molar-refractivity contribution in [1.82, 2.24) is 4.98 Å². The zero-order valence-electron chi connectivity index (χ0n) is 12.3. The molecule has 0 atom stereocenters. The van der Waals surface area contributed by atoms with E-state index in [1.165, 1.54) is 0 Å². The molecular weight excluding hydrogens is 313 g/mol. The highest BCUT2D eigenvalue weighted by atomic mass is 19.4. The highest BCUT2D eigenvalue weighted by Crippen LogP contribution is 2.22. The number of nitrogens with zero attached hydrogens (tertiary/aromatic N) is 1. The molecule has 0 aliphatic heterocycles. The summed E-state index contributed by atoms with van der Waals surface area (Å²) < 4.78 is 45.5. The van der Waals surface area contributed by atoms with Gasteiger partial charge in [-0.2, -0.15) is 13.2 Å². The van der Waals surface area contributed by atoms with Gasteiger partial charge in [-0.1, -0.05) is 6.07 Å². The molecule has 0 unspecified atom stereocenters. The molecule has 0 saturated heterocycles. The molecule has 2 rings (SSSR count). The van der Waals surface area contributed by atoms with Crippen molar-refractivity contribution in [3.63, 3.8) is 0 Å². The predicted molar refractivity (Wildman–Crippen MR) is 76.8 cm³/mol. The van der Waals surface area contributed by atoms with Crippen LogP contribution < -0.4 is 5.32 Å². The monoisotopic (exact) mass is 328 g/mol. The third kappa shape index (κ3) is 5.74. The molecule has 1 aromatic heterocycles. The minimum atomic E-state index is -4.39. The second-order valence-electron chi connectivity index (χ2n) is 4.82. The summed E-state index contributed by atoms with van der Waals surface area (Å²) in [6.07, 6.45) is -2.98. The molecule has 5 nitrogen and oxygen atoms in total. The molecule has 1 N–H and O–H groups in total. The van der Waals surface area contributed by atoms with Crippen LogP contribution in [0.15, 0.2) is 34.9 Å². The van der Waals surface area contributed by atoms with Gasteiger partial charge in [-0.25, -0.2) is 4.98 Å². The minimum Gasteiger partial charge on any atom is -0.441 e. The van der Waals surface area contributed by atoms with Gasteiger partial charge in [0.1, 0.15) is 12.4 Å². The Balaban J connectivity index is 1.87. The van der Waals surface area contributed by atoms with Gasteiger partial charge in [0.25, 0.3) is 0 Å². The summed E-state index contributed by atoms with van der Waals surface area (Å²) in [6.45, 7) is 0.103. The van der Waals surface area contributed by atoms with Crippen molar-refractivity contribution >= 4 is 11.6 Å². The number of alkyl halides is 3. The summed E-state index contributed by atoms with van der Waals surface area (Å²) in [4.78, 5) is 15.8. The normalized spacial score (nSPS) is 11.5. The van der Waals surface area contributed by atoms with E-state index in [0.717, 1.165) is 0 Å². The number of ether oxygens (including phenoxy) is 1.